The van der Waals surface area contributed by atoms with Crippen LogP contribution in [0.4, 0.5) is 11.6 Å². The maximum atomic E-state index is 11.9. The standard InChI is InChI=1S/C15H15N5OS/c1-10-3-2-4-12(19-10)20-13(21)5-7-16-14-11-6-8-22-15(11)18-9-17-14/h2-4,6,8-9H,5,7H2,1H3,(H,16,17,18)(H,19,20,21). The summed E-state index contributed by atoms with van der Waals surface area (Å²) in [5.74, 6) is 1.25. The highest BCUT2D eigenvalue weighted by Crippen LogP contribution is 2.23. The molecule has 0 aliphatic carbocycles. The summed E-state index contributed by atoms with van der Waals surface area (Å²) in [4.78, 5) is 25.5. The van der Waals surface area contributed by atoms with E-state index in [1.165, 1.54) is 6.33 Å². The van der Waals surface area contributed by atoms with Crippen LogP contribution in [0, 0.1) is 6.92 Å². The number of amides is 1. The molecule has 0 aliphatic rings. The van der Waals surface area contributed by atoms with Gasteiger partial charge in [-0.25, -0.2) is 15.0 Å². The van der Waals surface area contributed by atoms with Crippen molar-refractivity contribution in [3.63, 3.8) is 0 Å². The van der Waals surface area contributed by atoms with Crippen LogP contribution in [0.15, 0.2) is 36.0 Å². The van der Waals surface area contributed by atoms with Gasteiger partial charge in [0.1, 0.15) is 22.8 Å². The van der Waals surface area contributed by atoms with Gasteiger partial charge in [0.25, 0.3) is 0 Å². The number of nitrogens with one attached hydrogen (secondary N) is 2. The van der Waals surface area contributed by atoms with Gasteiger partial charge in [0.15, 0.2) is 0 Å². The maximum Gasteiger partial charge on any atom is 0.227 e. The van der Waals surface area contributed by atoms with Gasteiger partial charge in [0.05, 0.1) is 5.39 Å². The van der Waals surface area contributed by atoms with E-state index < -0.39 is 0 Å². The van der Waals surface area contributed by atoms with Gasteiger partial charge in [0, 0.05) is 18.7 Å². The lowest BCUT2D eigenvalue weighted by Gasteiger charge is -2.07. The fraction of sp³-hybridized carbons (Fsp3) is 0.200. The molecule has 6 nitrogen and oxygen atoms in total. The molecule has 0 saturated carbocycles. The smallest absolute Gasteiger partial charge is 0.227 e. The van der Waals surface area contributed by atoms with E-state index in [0.29, 0.717) is 18.8 Å². The molecule has 3 rings (SSSR count). The van der Waals surface area contributed by atoms with Gasteiger partial charge in [0.2, 0.25) is 5.91 Å². The molecule has 112 valence electrons. The summed E-state index contributed by atoms with van der Waals surface area (Å²) in [6.45, 7) is 2.39. The molecule has 3 heterocycles. The number of aryl methyl sites for hydroxylation is 1. The Morgan fingerprint density at radius 2 is 2.18 bits per heavy atom. The number of anilines is 2. The molecule has 1 amide bonds. The highest BCUT2D eigenvalue weighted by molar-refractivity contribution is 7.16. The van der Waals surface area contributed by atoms with Gasteiger partial charge in [-0.15, -0.1) is 11.3 Å². The molecule has 2 N–H and O–H groups in total. The van der Waals surface area contributed by atoms with Crippen molar-refractivity contribution in [2.24, 2.45) is 0 Å². The minimum atomic E-state index is -0.0822. The number of carbonyl (C=O) groups is 1. The molecular formula is C15H15N5OS. The molecule has 0 radical (unpaired) electrons. The number of rotatable bonds is 5. The molecule has 0 spiro atoms. The molecule has 3 aromatic rings. The van der Waals surface area contributed by atoms with Crippen molar-refractivity contribution in [1.29, 1.82) is 0 Å². The summed E-state index contributed by atoms with van der Waals surface area (Å²) in [7, 11) is 0. The van der Waals surface area contributed by atoms with Gasteiger partial charge in [-0.3, -0.25) is 4.79 Å². The first-order valence-electron chi connectivity index (χ1n) is 6.88. The average Bonchev–Trinajstić information content (AvgIpc) is 2.96. The minimum Gasteiger partial charge on any atom is -0.369 e. The number of nitrogens with zero attached hydrogens (tertiary/aromatic N) is 3. The van der Waals surface area contributed by atoms with Crippen molar-refractivity contribution in [3.05, 3.63) is 41.7 Å². The van der Waals surface area contributed by atoms with Crippen molar-refractivity contribution in [2.75, 3.05) is 17.2 Å². The van der Waals surface area contributed by atoms with Crippen LogP contribution in [0.2, 0.25) is 0 Å². The number of fused-ring (bicyclic) bond motifs is 1. The Kier molecular flexibility index (Phi) is 4.24. The second kappa shape index (κ2) is 6.48. The van der Waals surface area contributed by atoms with E-state index in [4.69, 9.17) is 0 Å². The van der Waals surface area contributed by atoms with E-state index in [1.807, 2.05) is 30.5 Å². The van der Waals surface area contributed by atoms with Crippen LogP contribution in [-0.2, 0) is 4.79 Å². The van der Waals surface area contributed by atoms with Crippen molar-refractivity contribution in [3.8, 4) is 0 Å². The van der Waals surface area contributed by atoms with Crippen LogP contribution in [-0.4, -0.2) is 27.4 Å². The van der Waals surface area contributed by atoms with Crippen molar-refractivity contribution in [1.82, 2.24) is 15.0 Å². The molecule has 0 unspecified atom stereocenters. The van der Waals surface area contributed by atoms with Crippen LogP contribution in [0.3, 0.4) is 0 Å². The Bertz CT molecular complexity index is 801. The zero-order valence-electron chi connectivity index (χ0n) is 12.0. The largest absolute Gasteiger partial charge is 0.369 e. The van der Waals surface area contributed by atoms with Gasteiger partial charge >= 0.3 is 0 Å². The topological polar surface area (TPSA) is 79.8 Å². The molecule has 22 heavy (non-hydrogen) atoms. The fourth-order valence-corrected chi connectivity index (χ4v) is 2.78. The van der Waals surface area contributed by atoms with E-state index in [0.717, 1.165) is 21.7 Å². The molecule has 0 aromatic carbocycles. The number of aromatic nitrogens is 3. The Labute approximate surface area is 131 Å². The molecule has 0 saturated heterocycles. The van der Waals surface area contributed by atoms with Crippen molar-refractivity contribution in [2.45, 2.75) is 13.3 Å². The summed E-state index contributed by atoms with van der Waals surface area (Å²) in [6.07, 6.45) is 1.86. The van der Waals surface area contributed by atoms with E-state index in [-0.39, 0.29) is 5.91 Å². The molecule has 0 bridgehead atoms. The van der Waals surface area contributed by atoms with Crippen LogP contribution in [0.1, 0.15) is 12.1 Å². The van der Waals surface area contributed by atoms with Crippen molar-refractivity contribution >= 4 is 39.1 Å². The first-order chi connectivity index (χ1) is 10.7. The van der Waals surface area contributed by atoms with Crippen LogP contribution >= 0.6 is 11.3 Å². The summed E-state index contributed by atoms with van der Waals surface area (Å²) < 4.78 is 0. The third-order valence-corrected chi connectivity index (χ3v) is 3.88. The summed E-state index contributed by atoms with van der Waals surface area (Å²) >= 11 is 1.57. The Hall–Kier alpha value is -2.54. The zero-order valence-corrected chi connectivity index (χ0v) is 12.9. The molecule has 7 heteroatoms. The van der Waals surface area contributed by atoms with Crippen LogP contribution < -0.4 is 10.6 Å². The van der Waals surface area contributed by atoms with E-state index in [9.17, 15) is 4.79 Å². The monoisotopic (exact) mass is 313 g/mol. The number of thiophene rings is 1. The maximum absolute atomic E-state index is 11.9. The second-order valence-corrected chi connectivity index (χ2v) is 5.65. The van der Waals surface area contributed by atoms with E-state index >= 15 is 0 Å². The third-order valence-electron chi connectivity index (χ3n) is 3.06. The summed E-state index contributed by atoms with van der Waals surface area (Å²) in [5, 5.41) is 8.91. The lowest BCUT2D eigenvalue weighted by Crippen LogP contribution is -2.17. The first kappa shape index (κ1) is 14.4. The first-order valence-corrected chi connectivity index (χ1v) is 7.76. The molecule has 3 aromatic heterocycles. The molecular weight excluding hydrogens is 298 g/mol. The molecule has 0 atom stereocenters. The lowest BCUT2D eigenvalue weighted by atomic mass is 10.3. The van der Waals surface area contributed by atoms with E-state index in [2.05, 4.69) is 25.6 Å². The Morgan fingerprint density at radius 3 is 3.05 bits per heavy atom. The molecule has 0 fully saturated rings. The predicted octanol–water partition coefficient (Wildman–Crippen LogP) is 2.84. The summed E-state index contributed by atoms with van der Waals surface area (Å²) in [6, 6.07) is 7.50. The number of hydrogen-bond acceptors (Lipinski definition) is 6. The van der Waals surface area contributed by atoms with E-state index in [1.54, 1.807) is 17.4 Å². The highest BCUT2D eigenvalue weighted by Gasteiger charge is 2.06. The number of carbonyl (C=O) groups excluding carboxylic acids is 1. The van der Waals surface area contributed by atoms with Gasteiger partial charge in [-0.2, -0.15) is 0 Å². The van der Waals surface area contributed by atoms with Crippen LogP contribution in [0.5, 0.6) is 0 Å². The van der Waals surface area contributed by atoms with Gasteiger partial charge in [-0.1, -0.05) is 6.07 Å². The second-order valence-electron chi connectivity index (χ2n) is 4.75. The summed E-state index contributed by atoms with van der Waals surface area (Å²) in [5.41, 5.74) is 0.872. The normalized spacial score (nSPS) is 10.6. The predicted molar refractivity (Wildman–Crippen MR) is 88.1 cm³/mol. The SMILES string of the molecule is Cc1cccc(NC(=O)CCNc2ncnc3sccc23)n1. The zero-order chi connectivity index (χ0) is 15.4. The van der Waals surface area contributed by atoms with Gasteiger partial charge in [-0.05, 0) is 30.5 Å². The molecule has 0 aliphatic heterocycles. The number of pyridine rings is 1. The third kappa shape index (κ3) is 3.37. The number of hydrogen-bond donors (Lipinski definition) is 2. The average molecular weight is 313 g/mol. The fourth-order valence-electron chi connectivity index (χ4n) is 2.04. The van der Waals surface area contributed by atoms with Gasteiger partial charge < -0.3 is 10.6 Å². The highest BCUT2D eigenvalue weighted by atomic mass is 32.1. The van der Waals surface area contributed by atoms with Crippen LogP contribution in [0.25, 0.3) is 10.2 Å². The van der Waals surface area contributed by atoms with Crippen molar-refractivity contribution < 1.29 is 4.79 Å². The quantitative estimate of drug-likeness (QED) is 0.757. The Balaban J connectivity index is 1.54. The lowest BCUT2D eigenvalue weighted by molar-refractivity contribution is -0.116. The minimum absolute atomic E-state index is 0.0822. The Morgan fingerprint density at radius 1 is 1.27 bits per heavy atom.